The molecule has 25 heavy (non-hydrogen) atoms. The van der Waals surface area contributed by atoms with Crippen LogP contribution in [-0.2, 0) is 0 Å². The minimum Gasteiger partial charge on any atom is -0.378 e. The molecule has 0 aliphatic carbocycles. The van der Waals surface area contributed by atoms with E-state index in [9.17, 15) is 4.79 Å². The lowest BCUT2D eigenvalue weighted by molar-refractivity contribution is 0.194. The van der Waals surface area contributed by atoms with Gasteiger partial charge in [-0.15, -0.1) is 0 Å². The third kappa shape index (κ3) is 5.15. The maximum Gasteiger partial charge on any atom is 0.317 e. The van der Waals surface area contributed by atoms with Crippen molar-refractivity contribution >= 4 is 11.7 Å². The number of anilines is 1. The Balaban J connectivity index is 1.35. The zero-order valence-electron chi connectivity index (χ0n) is 15.3. The van der Waals surface area contributed by atoms with Crippen LogP contribution in [0, 0.1) is 6.92 Å². The molecule has 0 atom stereocenters. The summed E-state index contributed by atoms with van der Waals surface area (Å²) in [5.41, 5.74) is 2.54. The average molecular weight is 342 g/mol. The Morgan fingerprint density at radius 1 is 1.16 bits per heavy atom. The average Bonchev–Trinajstić information content (AvgIpc) is 2.66. The number of urea groups is 1. The summed E-state index contributed by atoms with van der Waals surface area (Å²) in [6, 6.07) is 8.66. The molecule has 0 aromatic heterocycles. The van der Waals surface area contributed by atoms with Gasteiger partial charge in [-0.25, -0.2) is 4.79 Å². The standard InChI is InChI=1S/C20H30N4O/c1-18-7-5-8-19(17-18)23-13-15-24(16-14-23)20(25)21-9-6-12-22-10-3-2-4-11-22/h3,5,7-8,10,17H,2,4,6,9,11-16H2,1H3,(H,21,25). The second kappa shape index (κ2) is 8.79. The molecule has 5 heteroatoms. The summed E-state index contributed by atoms with van der Waals surface area (Å²) in [4.78, 5) is 19.0. The van der Waals surface area contributed by atoms with Crippen molar-refractivity contribution in [2.24, 2.45) is 0 Å². The third-order valence-electron chi connectivity index (χ3n) is 4.96. The van der Waals surface area contributed by atoms with Crippen molar-refractivity contribution in [2.75, 3.05) is 50.7 Å². The van der Waals surface area contributed by atoms with Crippen LogP contribution in [0.1, 0.15) is 24.8 Å². The minimum atomic E-state index is 0.0816. The van der Waals surface area contributed by atoms with Gasteiger partial charge < -0.3 is 20.0 Å². The molecule has 0 spiro atoms. The number of hydrogen-bond acceptors (Lipinski definition) is 3. The summed E-state index contributed by atoms with van der Waals surface area (Å²) in [5.74, 6) is 0. The molecule has 2 aliphatic rings. The van der Waals surface area contributed by atoms with E-state index in [0.29, 0.717) is 0 Å². The zero-order chi connectivity index (χ0) is 17.5. The first-order chi connectivity index (χ1) is 12.2. The first-order valence-corrected chi connectivity index (χ1v) is 9.47. The quantitative estimate of drug-likeness (QED) is 0.837. The molecule has 1 fully saturated rings. The van der Waals surface area contributed by atoms with Crippen LogP contribution in [0.15, 0.2) is 36.5 Å². The van der Waals surface area contributed by atoms with Gasteiger partial charge in [-0.05, 0) is 50.1 Å². The Morgan fingerprint density at radius 2 is 2.00 bits per heavy atom. The van der Waals surface area contributed by atoms with E-state index >= 15 is 0 Å². The van der Waals surface area contributed by atoms with Crippen LogP contribution in [0.5, 0.6) is 0 Å². The van der Waals surface area contributed by atoms with Gasteiger partial charge in [-0.3, -0.25) is 0 Å². The number of rotatable bonds is 5. The monoisotopic (exact) mass is 342 g/mol. The number of carbonyl (C=O) groups is 1. The van der Waals surface area contributed by atoms with E-state index in [1.54, 1.807) is 0 Å². The predicted molar refractivity (Wildman–Crippen MR) is 103 cm³/mol. The van der Waals surface area contributed by atoms with Gasteiger partial charge in [0.05, 0.1) is 0 Å². The van der Waals surface area contributed by atoms with Crippen molar-refractivity contribution in [3.8, 4) is 0 Å². The van der Waals surface area contributed by atoms with E-state index in [1.165, 1.54) is 24.1 Å². The second-order valence-corrected chi connectivity index (χ2v) is 6.96. The molecule has 2 heterocycles. The van der Waals surface area contributed by atoms with Gasteiger partial charge in [0.2, 0.25) is 0 Å². The minimum absolute atomic E-state index is 0.0816. The number of amides is 2. The van der Waals surface area contributed by atoms with Crippen LogP contribution in [0.4, 0.5) is 10.5 Å². The van der Waals surface area contributed by atoms with Gasteiger partial charge in [-0.1, -0.05) is 18.2 Å². The molecule has 1 N–H and O–H groups in total. The highest BCUT2D eigenvalue weighted by Crippen LogP contribution is 2.17. The van der Waals surface area contributed by atoms with E-state index in [-0.39, 0.29) is 6.03 Å². The summed E-state index contributed by atoms with van der Waals surface area (Å²) in [6.07, 6.45) is 7.86. The zero-order valence-corrected chi connectivity index (χ0v) is 15.3. The highest BCUT2D eigenvalue weighted by atomic mass is 16.2. The highest BCUT2D eigenvalue weighted by Gasteiger charge is 2.21. The fourth-order valence-electron chi connectivity index (χ4n) is 3.48. The molecule has 0 bridgehead atoms. The van der Waals surface area contributed by atoms with Crippen LogP contribution < -0.4 is 10.2 Å². The first kappa shape index (κ1) is 17.6. The number of piperazine rings is 1. The van der Waals surface area contributed by atoms with Crippen molar-refractivity contribution in [1.82, 2.24) is 15.1 Å². The molecule has 0 radical (unpaired) electrons. The topological polar surface area (TPSA) is 38.8 Å². The van der Waals surface area contributed by atoms with Gasteiger partial charge in [0.25, 0.3) is 0 Å². The number of nitrogens with zero attached hydrogens (tertiary/aromatic N) is 3. The van der Waals surface area contributed by atoms with E-state index in [0.717, 1.165) is 52.2 Å². The molecule has 1 aromatic rings. The maximum absolute atomic E-state index is 12.3. The number of benzene rings is 1. The molecule has 136 valence electrons. The lowest BCUT2D eigenvalue weighted by Crippen LogP contribution is -2.52. The summed E-state index contributed by atoms with van der Waals surface area (Å²) in [6.45, 7) is 8.41. The Morgan fingerprint density at radius 3 is 2.72 bits per heavy atom. The smallest absolute Gasteiger partial charge is 0.317 e. The van der Waals surface area contributed by atoms with Gasteiger partial charge in [0, 0.05) is 51.5 Å². The van der Waals surface area contributed by atoms with Crippen molar-refractivity contribution in [1.29, 1.82) is 0 Å². The lowest BCUT2D eigenvalue weighted by atomic mass is 10.2. The predicted octanol–water partition coefficient (Wildman–Crippen LogP) is 2.83. The number of allylic oxidation sites excluding steroid dienone is 1. The molecule has 0 saturated carbocycles. The van der Waals surface area contributed by atoms with Gasteiger partial charge in [0.1, 0.15) is 0 Å². The Hall–Kier alpha value is -2.17. The number of hydrogen-bond donors (Lipinski definition) is 1. The van der Waals surface area contributed by atoms with Gasteiger partial charge in [0.15, 0.2) is 0 Å². The maximum atomic E-state index is 12.3. The Bertz CT molecular complexity index is 593. The van der Waals surface area contributed by atoms with E-state index in [1.807, 2.05) is 4.90 Å². The van der Waals surface area contributed by atoms with Crippen molar-refractivity contribution in [2.45, 2.75) is 26.2 Å². The molecule has 0 unspecified atom stereocenters. The molecule has 2 aliphatic heterocycles. The lowest BCUT2D eigenvalue weighted by Gasteiger charge is -2.36. The van der Waals surface area contributed by atoms with E-state index < -0.39 is 0 Å². The molecule has 2 amide bonds. The van der Waals surface area contributed by atoms with Crippen LogP contribution in [0.2, 0.25) is 0 Å². The van der Waals surface area contributed by atoms with Crippen LogP contribution >= 0.6 is 0 Å². The fourth-order valence-corrected chi connectivity index (χ4v) is 3.48. The molecular weight excluding hydrogens is 312 g/mol. The molecule has 3 rings (SSSR count). The van der Waals surface area contributed by atoms with Crippen molar-refractivity contribution in [3.05, 3.63) is 42.1 Å². The normalized spacial score (nSPS) is 17.7. The van der Waals surface area contributed by atoms with Crippen molar-refractivity contribution < 1.29 is 4.79 Å². The fraction of sp³-hybridized carbons (Fsp3) is 0.550. The second-order valence-electron chi connectivity index (χ2n) is 6.96. The molecular formula is C20H30N4O. The Labute approximate surface area is 151 Å². The largest absolute Gasteiger partial charge is 0.378 e. The van der Waals surface area contributed by atoms with Crippen LogP contribution in [0.25, 0.3) is 0 Å². The highest BCUT2D eigenvalue weighted by molar-refractivity contribution is 5.74. The van der Waals surface area contributed by atoms with Gasteiger partial charge in [-0.2, -0.15) is 0 Å². The van der Waals surface area contributed by atoms with Gasteiger partial charge >= 0.3 is 6.03 Å². The third-order valence-corrected chi connectivity index (χ3v) is 4.96. The van der Waals surface area contributed by atoms with E-state index in [2.05, 4.69) is 58.6 Å². The summed E-state index contributed by atoms with van der Waals surface area (Å²) in [5, 5.41) is 3.07. The SMILES string of the molecule is Cc1cccc(N2CCN(C(=O)NCCCN3C=CCCC3)CC2)c1. The summed E-state index contributed by atoms with van der Waals surface area (Å²) < 4.78 is 0. The van der Waals surface area contributed by atoms with Crippen LogP contribution in [0.3, 0.4) is 0 Å². The van der Waals surface area contributed by atoms with E-state index in [4.69, 9.17) is 0 Å². The first-order valence-electron chi connectivity index (χ1n) is 9.47. The number of carbonyl (C=O) groups excluding carboxylic acids is 1. The molecule has 1 aromatic carbocycles. The van der Waals surface area contributed by atoms with Crippen molar-refractivity contribution in [3.63, 3.8) is 0 Å². The molecule has 1 saturated heterocycles. The molecule has 5 nitrogen and oxygen atoms in total. The van der Waals surface area contributed by atoms with Crippen LogP contribution in [-0.4, -0.2) is 61.6 Å². The summed E-state index contributed by atoms with van der Waals surface area (Å²) in [7, 11) is 0. The number of nitrogens with one attached hydrogen (secondary N) is 1. The number of aryl methyl sites for hydroxylation is 1. The Kier molecular flexibility index (Phi) is 6.20. The summed E-state index contributed by atoms with van der Waals surface area (Å²) >= 11 is 0.